The van der Waals surface area contributed by atoms with Crippen LogP contribution in [0.15, 0.2) is 48.5 Å². The Kier molecular flexibility index (Phi) is 5.49. The van der Waals surface area contributed by atoms with Crippen LogP contribution >= 0.6 is 0 Å². The molecule has 1 aromatic heterocycles. The Labute approximate surface area is 164 Å². The van der Waals surface area contributed by atoms with Crippen molar-refractivity contribution < 1.29 is 14.3 Å². The van der Waals surface area contributed by atoms with E-state index in [4.69, 9.17) is 4.74 Å². The van der Waals surface area contributed by atoms with E-state index in [0.29, 0.717) is 12.0 Å². The Morgan fingerprint density at radius 3 is 2.54 bits per heavy atom. The van der Waals surface area contributed by atoms with Gasteiger partial charge in [-0.05, 0) is 50.6 Å². The molecule has 0 bridgehead atoms. The number of aromatic nitrogens is 2. The van der Waals surface area contributed by atoms with E-state index in [-0.39, 0.29) is 5.91 Å². The van der Waals surface area contributed by atoms with Gasteiger partial charge in [0.25, 0.3) is 5.91 Å². The van der Waals surface area contributed by atoms with E-state index in [1.165, 1.54) is 7.11 Å². The first-order valence-corrected chi connectivity index (χ1v) is 9.35. The number of hydrogen-bond acceptors (Lipinski definition) is 4. The number of hydrogen-bond donors (Lipinski definition) is 1. The second-order valence-electron chi connectivity index (χ2n) is 7.06. The van der Waals surface area contributed by atoms with Crippen LogP contribution < -0.4 is 5.32 Å². The van der Waals surface area contributed by atoms with Crippen molar-refractivity contribution in [1.29, 1.82) is 0 Å². The van der Waals surface area contributed by atoms with Crippen LogP contribution in [-0.4, -0.2) is 34.1 Å². The summed E-state index contributed by atoms with van der Waals surface area (Å²) in [5, 5.41) is 2.83. The topological polar surface area (TPSA) is 73.2 Å². The lowest BCUT2D eigenvalue weighted by atomic mass is 9.95. The van der Waals surface area contributed by atoms with Crippen molar-refractivity contribution in [3.05, 3.63) is 59.9 Å². The number of nitrogens with zero attached hydrogens (tertiary/aromatic N) is 2. The van der Waals surface area contributed by atoms with Gasteiger partial charge in [0.05, 0.1) is 18.1 Å². The molecule has 146 valence electrons. The number of aryl methyl sites for hydroxylation is 1. The zero-order valence-electron chi connectivity index (χ0n) is 16.7. The summed E-state index contributed by atoms with van der Waals surface area (Å²) in [6.07, 6.45) is 1.24. The summed E-state index contributed by atoms with van der Waals surface area (Å²) in [6.45, 7) is 5.58. The van der Waals surface area contributed by atoms with E-state index >= 15 is 0 Å². The number of nitrogens with one attached hydrogen (secondary N) is 1. The van der Waals surface area contributed by atoms with Gasteiger partial charge >= 0.3 is 5.97 Å². The molecule has 0 aliphatic carbocycles. The normalized spacial score (nSPS) is 13.1. The van der Waals surface area contributed by atoms with Crippen LogP contribution in [-0.2, 0) is 9.53 Å². The van der Waals surface area contributed by atoms with Crippen LogP contribution in [0, 0.1) is 6.92 Å². The van der Waals surface area contributed by atoms with Gasteiger partial charge in [0, 0.05) is 11.3 Å². The first kappa shape index (κ1) is 19.6. The molecule has 0 radical (unpaired) electrons. The molecule has 1 unspecified atom stereocenters. The molecule has 0 fully saturated rings. The van der Waals surface area contributed by atoms with Crippen LogP contribution in [0.2, 0.25) is 0 Å². The summed E-state index contributed by atoms with van der Waals surface area (Å²) in [4.78, 5) is 29.6. The molecular formula is C22H25N3O3. The molecule has 6 heteroatoms. The maximum atomic E-state index is 12.8. The molecule has 1 heterocycles. The molecule has 1 amide bonds. The Balaban J connectivity index is 1.95. The molecule has 28 heavy (non-hydrogen) atoms. The average Bonchev–Trinajstić information content (AvgIpc) is 3.02. The summed E-state index contributed by atoms with van der Waals surface area (Å²) < 4.78 is 6.92. The molecule has 0 spiro atoms. The van der Waals surface area contributed by atoms with Crippen LogP contribution in [0.5, 0.6) is 0 Å². The molecule has 0 saturated carbocycles. The second-order valence-corrected chi connectivity index (χ2v) is 7.06. The molecule has 6 nitrogen and oxygen atoms in total. The number of carbonyl (C=O) groups is 2. The van der Waals surface area contributed by atoms with Crippen molar-refractivity contribution in [2.24, 2.45) is 0 Å². The highest BCUT2D eigenvalue weighted by Crippen LogP contribution is 2.23. The van der Waals surface area contributed by atoms with E-state index in [2.05, 4.69) is 10.3 Å². The van der Waals surface area contributed by atoms with Gasteiger partial charge in [-0.1, -0.05) is 31.5 Å². The van der Waals surface area contributed by atoms with E-state index < -0.39 is 11.5 Å². The van der Waals surface area contributed by atoms with Crippen LogP contribution in [0.3, 0.4) is 0 Å². The maximum Gasteiger partial charge on any atom is 0.331 e. The zero-order valence-corrected chi connectivity index (χ0v) is 16.7. The third-order valence-electron chi connectivity index (χ3n) is 4.87. The molecule has 0 aliphatic rings. The van der Waals surface area contributed by atoms with Gasteiger partial charge in [0.15, 0.2) is 0 Å². The minimum Gasteiger partial charge on any atom is -0.467 e. The molecule has 0 saturated heterocycles. The molecule has 2 aromatic carbocycles. The van der Waals surface area contributed by atoms with Gasteiger partial charge < -0.3 is 10.1 Å². The van der Waals surface area contributed by atoms with Crippen LogP contribution in [0.1, 0.15) is 42.9 Å². The number of imidazole rings is 1. The molecule has 3 rings (SSSR count). The Morgan fingerprint density at radius 1 is 1.18 bits per heavy atom. The number of benzene rings is 2. The van der Waals surface area contributed by atoms with Crippen molar-refractivity contribution >= 4 is 22.9 Å². The number of methoxy groups -OCH3 is 1. The van der Waals surface area contributed by atoms with Crippen molar-refractivity contribution in [3.63, 3.8) is 0 Å². The first-order valence-electron chi connectivity index (χ1n) is 9.35. The fraction of sp³-hybridized carbons (Fsp3) is 0.318. The highest BCUT2D eigenvalue weighted by Gasteiger charge is 2.35. The van der Waals surface area contributed by atoms with Crippen molar-refractivity contribution in [1.82, 2.24) is 14.9 Å². The number of esters is 1. The third kappa shape index (κ3) is 3.63. The SMILES string of the molecule is CCCC(C)(NC(=O)c1ccc2c(c1)nc(C)n2-c1ccccc1)C(=O)OC. The van der Waals surface area contributed by atoms with E-state index in [1.807, 2.05) is 54.8 Å². The lowest BCUT2D eigenvalue weighted by molar-refractivity contribution is -0.147. The number of ether oxygens (including phenoxy) is 1. The van der Waals surface area contributed by atoms with E-state index in [9.17, 15) is 9.59 Å². The zero-order chi connectivity index (χ0) is 20.3. The van der Waals surface area contributed by atoms with E-state index in [0.717, 1.165) is 29.0 Å². The fourth-order valence-electron chi connectivity index (χ4n) is 3.51. The van der Waals surface area contributed by atoms with Gasteiger partial charge in [0.1, 0.15) is 11.4 Å². The van der Waals surface area contributed by atoms with Gasteiger partial charge in [-0.2, -0.15) is 0 Å². The van der Waals surface area contributed by atoms with Gasteiger partial charge in [-0.15, -0.1) is 0 Å². The minimum absolute atomic E-state index is 0.324. The van der Waals surface area contributed by atoms with E-state index in [1.54, 1.807) is 19.1 Å². The predicted molar refractivity (Wildman–Crippen MR) is 109 cm³/mol. The number of carbonyl (C=O) groups excluding carboxylic acids is 2. The quantitative estimate of drug-likeness (QED) is 0.661. The average molecular weight is 379 g/mol. The number of fused-ring (bicyclic) bond motifs is 1. The Morgan fingerprint density at radius 2 is 1.89 bits per heavy atom. The first-order chi connectivity index (χ1) is 13.4. The highest BCUT2D eigenvalue weighted by atomic mass is 16.5. The summed E-state index contributed by atoms with van der Waals surface area (Å²) in [7, 11) is 1.33. The molecule has 3 aromatic rings. The molecular weight excluding hydrogens is 354 g/mol. The largest absolute Gasteiger partial charge is 0.467 e. The molecule has 0 aliphatic heterocycles. The smallest absolute Gasteiger partial charge is 0.331 e. The van der Waals surface area contributed by atoms with Gasteiger partial charge in [-0.25, -0.2) is 9.78 Å². The van der Waals surface area contributed by atoms with Crippen LogP contribution in [0.4, 0.5) is 0 Å². The highest BCUT2D eigenvalue weighted by molar-refractivity contribution is 6.00. The van der Waals surface area contributed by atoms with Gasteiger partial charge in [-0.3, -0.25) is 9.36 Å². The molecule has 1 atom stereocenters. The number of para-hydroxylation sites is 1. The minimum atomic E-state index is -1.06. The Hall–Kier alpha value is -3.15. The monoisotopic (exact) mass is 379 g/mol. The fourth-order valence-corrected chi connectivity index (χ4v) is 3.51. The number of amides is 1. The lowest BCUT2D eigenvalue weighted by Gasteiger charge is -2.27. The predicted octanol–water partition coefficient (Wildman–Crippen LogP) is 3.80. The van der Waals surface area contributed by atoms with Crippen LogP contribution in [0.25, 0.3) is 16.7 Å². The van der Waals surface area contributed by atoms with Gasteiger partial charge in [0.2, 0.25) is 0 Å². The van der Waals surface area contributed by atoms with Crippen molar-refractivity contribution in [2.45, 2.75) is 39.2 Å². The Bertz CT molecular complexity index is 1010. The standard InChI is InChI=1S/C22H25N3O3/c1-5-13-22(3,21(27)28-4)24-20(26)16-11-12-19-18(14-16)23-15(2)25(19)17-9-7-6-8-10-17/h6-12,14H,5,13H2,1-4H3,(H,24,26). The number of rotatable bonds is 6. The summed E-state index contributed by atoms with van der Waals surface area (Å²) in [5.41, 5.74) is 2.06. The summed E-state index contributed by atoms with van der Waals surface area (Å²) >= 11 is 0. The van der Waals surface area contributed by atoms with Crippen molar-refractivity contribution in [2.75, 3.05) is 7.11 Å². The summed E-state index contributed by atoms with van der Waals surface area (Å²) in [6, 6.07) is 15.3. The maximum absolute atomic E-state index is 12.8. The summed E-state index contributed by atoms with van der Waals surface area (Å²) in [5.74, 6) is 0.0623. The van der Waals surface area contributed by atoms with Crippen molar-refractivity contribution in [3.8, 4) is 5.69 Å². The molecule has 1 N–H and O–H groups in total. The lowest BCUT2D eigenvalue weighted by Crippen LogP contribution is -2.52. The second kappa shape index (κ2) is 7.84. The third-order valence-corrected chi connectivity index (χ3v) is 4.87.